The van der Waals surface area contributed by atoms with Crippen LogP contribution in [0, 0.1) is 0 Å². The van der Waals surface area contributed by atoms with E-state index in [1.165, 1.54) is 24.1 Å². The minimum Gasteiger partial charge on any atom is -0.329 e. The molecule has 2 aliphatic heterocycles. The number of hydrogen-bond acceptors (Lipinski definition) is 1. The van der Waals surface area contributed by atoms with Gasteiger partial charge in [0.2, 0.25) is 0 Å². The standard InChI is InChI=1S/C23H25ClN2O/c1-25-20-11-12-21(25)16-22(15-20)26(14-13-17-5-3-2-4-6-17)23(27)18-7-9-19(24)10-8-18/h2-10,15,20-21H,11-14,16H2,1H3/p+1. The maximum atomic E-state index is 13.3. The molecule has 4 heteroatoms. The number of carbonyl (C=O) groups excluding carboxylic acids is 1. The first-order chi connectivity index (χ1) is 13.1. The molecular formula is C23H26ClN2O+. The Kier molecular flexibility index (Phi) is 5.33. The minimum absolute atomic E-state index is 0.0767. The molecule has 1 amide bonds. The van der Waals surface area contributed by atoms with Crippen molar-refractivity contribution in [2.24, 2.45) is 0 Å². The summed E-state index contributed by atoms with van der Waals surface area (Å²) >= 11 is 6.01. The van der Waals surface area contributed by atoms with Crippen LogP contribution in [0.25, 0.3) is 0 Å². The van der Waals surface area contributed by atoms with Gasteiger partial charge in [-0.25, -0.2) is 0 Å². The van der Waals surface area contributed by atoms with E-state index in [0.717, 1.165) is 12.8 Å². The van der Waals surface area contributed by atoms with Crippen molar-refractivity contribution in [2.45, 2.75) is 37.8 Å². The van der Waals surface area contributed by atoms with E-state index in [9.17, 15) is 4.79 Å². The lowest BCUT2D eigenvalue weighted by Crippen LogP contribution is -3.14. The summed E-state index contributed by atoms with van der Waals surface area (Å²) in [7, 11) is 2.28. The Hall–Kier alpha value is -2.10. The molecule has 4 rings (SSSR count). The predicted octanol–water partition coefficient (Wildman–Crippen LogP) is 3.36. The highest BCUT2D eigenvalue weighted by molar-refractivity contribution is 6.30. The fourth-order valence-corrected chi connectivity index (χ4v) is 4.51. The van der Waals surface area contributed by atoms with E-state index in [4.69, 9.17) is 11.6 Å². The second-order valence-electron chi connectivity index (χ2n) is 7.69. The van der Waals surface area contributed by atoms with Crippen molar-refractivity contribution in [3.05, 3.63) is 82.5 Å². The van der Waals surface area contributed by atoms with Crippen LogP contribution in [0.1, 0.15) is 35.2 Å². The normalized spacial score (nSPS) is 23.8. The molecule has 0 aliphatic carbocycles. The molecule has 1 fully saturated rings. The molecular weight excluding hydrogens is 356 g/mol. The van der Waals surface area contributed by atoms with Crippen LogP contribution >= 0.6 is 11.6 Å². The Morgan fingerprint density at radius 3 is 2.56 bits per heavy atom. The van der Waals surface area contributed by atoms with Gasteiger partial charge in [-0.3, -0.25) is 4.79 Å². The third-order valence-electron chi connectivity index (χ3n) is 6.05. The Labute approximate surface area is 166 Å². The SMILES string of the molecule is C[NH+]1C2C=C(N(CCc3ccccc3)C(=O)c3ccc(Cl)cc3)CC1CC2. The monoisotopic (exact) mass is 381 g/mol. The van der Waals surface area contributed by atoms with Gasteiger partial charge in [0.1, 0.15) is 6.04 Å². The van der Waals surface area contributed by atoms with E-state index in [1.807, 2.05) is 23.1 Å². The highest BCUT2D eigenvalue weighted by Gasteiger charge is 2.40. The maximum absolute atomic E-state index is 13.3. The summed E-state index contributed by atoms with van der Waals surface area (Å²) in [5.74, 6) is 0.0767. The zero-order valence-corrected chi connectivity index (χ0v) is 16.5. The number of halogens is 1. The number of nitrogens with one attached hydrogen (secondary N) is 1. The summed E-state index contributed by atoms with van der Waals surface area (Å²) in [4.78, 5) is 16.9. The molecule has 0 radical (unpaired) electrons. The van der Waals surface area contributed by atoms with E-state index in [0.29, 0.717) is 29.2 Å². The van der Waals surface area contributed by atoms with Gasteiger partial charge in [0, 0.05) is 42.1 Å². The summed E-state index contributed by atoms with van der Waals surface area (Å²) in [5, 5.41) is 0.655. The molecule has 1 saturated heterocycles. The smallest absolute Gasteiger partial charge is 0.258 e. The third-order valence-corrected chi connectivity index (χ3v) is 6.31. The van der Waals surface area contributed by atoms with E-state index < -0.39 is 0 Å². The van der Waals surface area contributed by atoms with Gasteiger partial charge in [-0.15, -0.1) is 0 Å². The quantitative estimate of drug-likeness (QED) is 0.844. The van der Waals surface area contributed by atoms with Crippen LogP contribution in [0.15, 0.2) is 66.4 Å². The number of carbonyl (C=O) groups is 1. The summed E-state index contributed by atoms with van der Waals surface area (Å²) in [6, 6.07) is 18.8. The first-order valence-electron chi connectivity index (χ1n) is 9.77. The number of nitrogens with zero attached hydrogens (tertiary/aromatic N) is 1. The number of quaternary nitrogens is 1. The van der Waals surface area contributed by atoms with Crippen molar-refractivity contribution in [1.29, 1.82) is 0 Å². The van der Waals surface area contributed by atoms with Gasteiger partial charge >= 0.3 is 0 Å². The first kappa shape index (κ1) is 18.3. The van der Waals surface area contributed by atoms with Gasteiger partial charge in [-0.1, -0.05) is 41.9 Å². The maximum Gasteiger partial charge on any atom is 0.258 e. The number of likely N-dealkylation sites (N-methyl/N-ethyl adjacent to an activating group) is 1. The lowest BCUT2D eigenvalue weighted by Gasteiger charge is -2.33. The van der Waals surface area contributed by atoms with Crippen molar-refractivity contribution in [3.63, 3.8) is 0 Å². The molecule has 2 aromatic rings. The van der Waals surface area contributed by atoms with E-state index in [1.54, 1.807) is 17.0 Å². The third kappa shape index (κ3) is 3.95. The molecule has 3 atom stereocenters. The van der Waals surface area contributed by atoms with Crippen LogP contribution in [0.2, 0.25) is 5.02 Å². The topological polar surface area (TPSA) is 24.8 Å². The lowest BCUT2D eigenvalue weighted by molar-refractivity contribution is -0.912. The van der Waals surface area contributed by atoms with Crippen LogP contribution in [-0.2, 0) is 6.42 Å². The van der Waals surface area contributed by atoms with Crippen LogP contribution in [0.4, 0.5) is 0 Å². The summed E-state index contributed by atoms with van der Waals surface area (Å²) in [5.41, 5.74) is 3.16. The molecule has 3 nitrogen and oxygen atoms in total. The van der Waals surface area contributed by atoms with E-state index in [2.05, 4.69) is 37.4 Å². The van der Waals surface area contributed by atoms with Crippen LogP contribution in [-0.4, -0.2) is 36.5 Å². The second-order valence-corrected chi connectivity index (χ2v) is 8.12. The Balaban J connectivity index is 1.59. The minimum atomic E-state index is 0.0767. The number of hydrogen-bond donors (Lipinski definition) is 1. The number of benzene rings is 2. The van der Waals surface area contributed by atoms with Gasteiger partial charge in [0.05, 0.1) is 13.1 Å². The van der Waals surface area contributed by atoms with Crippen molar-refractivity contribution in [2.75, 3.05) is 13.6 Å². The van der Waals surface area contributed by atoms with Crippen molar-refractivity contribution < 1.29 is 9.69 Å². The molecule has 2 heterocycles. The first-order valence-corrected chi connectivity index (χ1v) is 10.1. The zero-order chi connectivity index (χ0) is 18.8. The van der Waals surface area contributed by atoms with Crippen LogP contribution < -0.4 is 4.90 Å². The molecule has 0 aromatic heterocycles. The molecule has 27 heavy (non-hydrogen) atoms. The van der Waals surface area contributed by atoms with Gasteiger partial charge in [-0.2, -0.15) is 0 Å². The van der Waals surface area contributed by atoms with Crippen LogP contribution in [0.3, 0.4) is 0 Å². The molecule has 1 N–H and O–H groups in total. The molecule has 140 valence electrons. The van der Waals surface area contributed by atoms with Crippen molar-refractivity contribution >= 4 is 17.5 Å². The molecule has 0 saturated carbocycles. The Morgan fingerprint density at radius 1 is 1.11 bits per heavy atom. The fraction of sp³-hybridized carbons (Fsp3) is 0.348. The van der Waals surface area contributed by atoms with Gasteiger partial charge in [-0.05, 0) is 42.3 Å². The Bertz CT molecular complexity index is 831. The number of fused-ring (bicyclic) bond motifs is 2. The second kappa shape index (κ2) is 7.87. The number of rotatable bonds is 5. The zero-order valence-electron chi connectivity index (χ0n) is 15.7. The van der Waals surface area contributed by atoms with Gasteiger partial charge in [0.15, 0.2) is 0 Å². The highest BCUT2D eigenvalue weighted by Crippen LogP contribution is 2.26. The largest absolute Gasteiger partial charge is 0.329 e. The lowest BCUT2D eigenvalue weighted by atomic mass is 10.0. The van der Waals surface area contributed by atoms with Crippen molar-refractivity contribution in [1.82, 2.24) is 4.90 Å². The summed E-state index contributed by atoms with van der Waals surface area (Å²) in [6.45, 7) is 0.704. The van der Waals surface area contributed by atoms with Crippen LogP contribution in [0.5, 0.6) is 0 Å². The molecule has 2 aliphatic rings. The number of amides is 1. The average molecular weight is 382 g/mol. The van der Waals surface area contributed by atoms with E-state index in [-0.39, 0.29) is 5.91 Å². The van der Waals surface area contributed by atoms with Gasteiger partial charge in [0.25, 0.3) is 5.91 Å². The molecule has 3 unspecified atom stereocenters. The van der Waals surface area contributed by atoms with Crippen molar-refractivity contribution in [3.8, 4) is 0 Å². The van der Waals surface area contributed by atoms with Gasteiger partial charge < -0.3 is 9.80 Å². The highest BCUT2D eigenvalue weighted by atomic mass is 35.5. The molecule has 2 bridgehead atoms. The molecule has 2 aromatic carbocycles. The Morgan fingerprint density at radius 2 is 1.85 bits per heavy atom. The average Bonchev–Trinajstić information content (AvgIpc) is 2.90. The summed E-state index contributed by atoms with van der Waals surface area (Å²) in [6.07, 6.45) is 6.66. The van der Waals surface area contributed by atoms with E-state index >= 15 is 0 Å². The fourth-order valence-electron chi connectivity index (χ4n) is 4.38. The summed E-state index contributed by atoms with van der Waals surface area (Å²) < 4.78 is 0. The molecule has 0 spiro atoms. The predicted molar refractivity (Wildman–Crippen MR) is 109 cm³/mol.